The van der Waals surface area contributed by atoms with Crippen LogP contribution in [-0.4, -0.2) is 51.0 Å². The molecule has 0 aliphatic rings. The summed E-state index contributed by atoms with van der Waals surface area (Å²) in [4.78, 5) is 25.5. The Morgan fingerprint density at radius 2 is 2.00 bits per heavy atom. The third kappa shape index (κ3) is 5.21. The third-order valence-corrected chi connectivity index (χ3v) is 3.28. The summed E-state index contributed by atoms with van der Waals surface area (Å²) < 4.78 is 30.1. The number of aromatic nitrogens is 2. The number of sulfonamides is 1. The Morgan fingerprint density at radius 3 is 2.57 bits per heavy atom. The molecule has 1 heterocycles. The van der Waals surface area contributed by atoms with Gasteiger partial charge in [-0.25, -0.2) is 17.9 Å². The molecule has 0 aromatic carbocycles. The van der Waals surface area contributed by atoms with E-state index in [1.54, 1.807) is 0 Å². The number of ether oxygens (including phenoxy) is 1. The zero-order valence-corrected chi connectivity index (χ0v) is 12.6. The first-order valence-electron chi connectivity index (χ1n) is 6.06. The second-order valence-corrected chi connectivity index (χ2v) is 6.09. The van der Waals surface area contributed by atoms with E-state index in [2.05, 4.69) is 15.0 Å². The van der Waals surface area contributed by atoms with Crippen molar-refractivity contribution in [2.24, 2.45) is 0 Å². The maximum atomic E-state index is 11.7. The average Bonchev–Trinajstić information content (AvgIpc) is 2.36. The van der Waals surface area contributed by atoms with Gasteiger partial charge in [-0.05, 0) is 0 Å². The van der Waals surface area contributed by atoms with Crippen molar-refractivity contribution in [1.82, 2.24) is 14.3 Å². The van der Waals surface area contributed by atoms with Gasteiger partial charge in [-0.3, -0.25) is 14.3 Å². The molecular weight excluding hydrogens is 302 g/mol. The smallest absolute Gasteiger partial charge is 0.330 e. The predicted molar refractivity (Wildman–Crippen MR) is 78.9 cm³/mol. The number of aromatic amines is 1. The second kappa shape index (κ2) is 7.24. The Bertz CT molecular complexity index is 693. The first-order valence-corrected chi connectivity index (χ1v) is 7.95. The van der Waals surface area contributed by atoms with Gasteiger partial charge in [0.25, 0.3) is 5.56 Å². The number of hydrogen-bond donors (Lipinski definition) is 4. The highest BCUT2D eigenvalue weighted by molar-refractivity contribution is 7.88. The molecule has 10 nitrogen and oxygen atoms in total. The van der Waals surface area contributed by atoms with Crippen LogP contribution in [0.4, 0.5) is 11.5 Å². The number of anilines is 2. The van der Waals surface area contributed by atoms with Crippen LogP contribution in [0.2, 0.25) is 0 Å². The van der Waals surface area contributed by atoms with Crippen LogP contribution in [0.3, 0.4) is 0 Å². The minimum atomic E-state index is -3.30. The summed E-state index contributed by atoms with van der Waals surface area (Å²) in [5.74, 6) is -0.0276. The zero-order chi connectivity index (χ0) is 16.0. The molecule has 0 amide bonds. The van der Waals surface area contributed by atoms with Crippen molar-refractivity contribution in [3.8, 4) is 0 Å². The summed E-state index contributed by atoms with van der Waals surface area (Å²) >= 11 is 0. The van der Waals surface area contributed by atoms with Crippen molar-refractivity contribution in [3.05, 3.63) is 20.8 Å². The number of nitrogens with two attached hydrogens (primary N) is 1. The van der Waals surface area contributed by atoms with Crippen molar-refractivity contribution in [2.45, 2.75) is 6.54 Å². The lowest BCUT2D eigenvalue weighted by Gasteiger charge is -2.13. The molecule has 0 aliphatic heterocycles. The molecular formula is C10H19N5O5S. The van der Waals surface area contributed by atoms with E-state index >= 15 is 0 Å². The van der Waals surface area contributed by atoms with Gasteiger partial charge < -0.3 is 15.8 Å². The quantitative estimate of drug-likeness (QED) is 0.394. The van der Waals surface area contributed by atoms with Gasteiger partial charge in [0.2, 0.25) is 10.0 Å². The summed E-state index contributed by atoms with van der Waals surface area (Å²) in [6.45, 7) is 0.664. The molecule has 1 aromatic rings. The van der Waals surface area contributed by atoms with Gasteiger partial charge in [0.15, 0.2) is 0 Å². The largest absolute Gasteiger partial charge is 0.383 e. The highest BCUT2D eigenvalue weighted by Crippen LogP contribution is 2.09. The molecule has 0 spiro atoms. The van der Waals surface area contributed by atoms with E-state index < -0.39 is 21.3 Å². The van der Waals surface area contributed by atoms with Crippen LogP contribution < -0.4 is 27.0 Å². The van der Waals surface area contributed by atoms with Crippen molar-refractivity contribution in [2.75, 3.05) is 44.1 Å². The fourth-order valence-electron chi connectivity index (χ4n) is 1.59. The molecule has 21 heavy (non-hydrogen) atoms. The van der Waals surface area contributed by atoms with Gasteiger partial charge in [-0.2, -0.15) is 0 Å². The Kier molecular flexibility index (Phi) is 5.93. The molecule has 1 rings (SSSR count). The maximum Gasteiger partial charge on any atom is 0.330 e. The van der Waals surface area contributed by atoms with Gasteiger partial charge in [0.05, 0.1) is 19.4 Å². The maximum absolute atomic E-state index is 11.7. The van der Waals surface area contributed by atoms with Crippen LogP contribution in [-0.2, 0) is 21.3 Å². The summed E-state index contributed by atoms with van der Waals surface area (Å²) in [5.41, 5.74) is 4.50. The minimum Gasteiger partial charge on any atom is -0.383 e. The summed E-state index contributed by atoms with van der Waals surface area (Å²) in [5, 5.41) is 2.70. The van der Waals surface area contributed by atoms with E-state index in [4.69, 9.17) is 10.5 Å². The van der Waals surface area contributed by atoms with E-state index in [0.29, 0.717) is 0 Å². The Morgan fingerprint density at radius 1 is 1.33 bits per heavy atom. The Balaban J connectivity index is 2.87. The SMILES string of the molecule is COCCn1c(N)c(NCCNS(C)(=O)=O)c(=O)[nH]c1=O. The summed E-state index contributed by atoms with van der Waals surface area (Å²) in [6.07, 6.45) is 1.03. The van der Waals surface area contributed by atoms with Crippen LogP contribution in [0.1, 0.15) is 0 Å². The molecule has 0 saturated carbocycles. The third-order valence-electron chi connectivity index (χ3n) is 2.55. The second-order valence-electron chi connectivity index (χ2n) is 4.26. The number of methoxy groups -OCH3 is 1. The monoisotopic (exact) mass is 321 g/mol. The zero-order valence-electron chi connectivity index (χ0n) is 11.8. The Labute approximate surface area is 121 Å². The van der Waals surface area contributed by atoms with Crippen LogP contribution in [0.15, 0.2) is 9.59 Å². The number of nitrogen functional groups attached to an aromatic ring is 1. The van der Waals surface area contributed by atoms with Gasteiger partial charge in [-0.15, -0.1) is 0 Å². The summed E-state index contributed by atoms with van der Waals surface area (Å²) in [6, 6.07) is 0. The number of rotatable bonds is 8. The van der Waals surface area contributed by atoms with Crippen molar-refractivity contribution >= 4 is 21.5 Å². The molecule has 0 radical (unpaired) electrons. The lowest BCUT2D eigenvalue weighted by Crippen LogP contribution is -2.36. The molecule has 5 N–H and O–H groups in total. The van der Waals surface area contributed by atoms with Crippen LogP contribution in [0, 0.1) is 0 Å². The standard InChI is InChI=1S/C10H19N5O5S/c1-20-6-5-15-8(11)7(9(16)14-10(15)17)12-3-4-13-21(2,18)19/h12-13H,3-6,11H2,1-2H3,(H,14,16,17). The van der Waals surface area contributed by atoms with Crippen molar-refractivity contribution < 1.29 is 13.2 Å². The lowest BCUT2D eigenvalue weighted by atomic mass is 10.4. The number of hydrogen-bond acceptors (Lipinski definition) is 7. The molecule has 0 bridgehead atoms. The topological polar surface area (TPSA) is 148 Å². The van der Waals surface area contributed by atoms with Gasteiger partial charge in [0.1, 0.15) is 11.5 Å². The van der Waals surface area contributed by atoms with Gasteiger partial charge in [0, 0.05) is 20.2 Å². The van der Waals surface area contributed by atoms with E-state index in [1.165, 1.54) is 7.11 Å². The molecule has 11 heteroatoms. The number of H-pyrrole nitrogens is 1. The van der Waals surface area contributed by atoms with Crippen LogP contribution >= 0.6 is 0 Å². The van der Waals surface area contributed by atoms with E-state index in [9.17, 15) is 18.0 Å². The molecule has 1 aromatic heterocycles. The Hall–Kier alpha value is -1.85. The average molecular weight is 321 g/mol. The molecule has 0 fully saturated rings. The van der Waals surface area contributed by atoms with Crippen LogP contribution in [0.5, 0.6) is 0 Å². The van der Waals surface area contributed by atoms with Crippen LogP contribution in [0.25, 0.3) is 0 Å². The first kappa shape index (κ1) is 17.2. The van der Waals surface area contributed by atoms with Gasteiger partial charge >= 0.3 is 5.69 Å². The van der Waals surface area contributed by atoms with Gasteiger partial charge in [-0.1, -0.05) is 0 Å². The first-order chi connectivity index (χ1) is 9.76. The fourth-order valence-corrected chi connectivity index (χ4v) is 2.06. The fraction of sp³-hybridized carbons (Fsp3) is 0.600. The number of nitrogens with one attached hydrogen (secondary N) is 3. The highest BCUT2D eigenvalue weighted by Gasteiger charge is 2.11. The molecule has 0 aliphatic carbocycles. The molecule has 0 atom stereocenters. The number of nitrogens with zero attached hydrogens (tertiary/aromatic N) is 1. The molecule has 0 saturated heterocycles. The predicted octanol–water partition coefficient (Wildman–Crippen LogP) is -2.27. The van der Waals surface area contributed by atoms with E-state index in [1.807, 2.05) is 0 Å². The van der Waals surface area contributed by atoms with Crippen molar-refractivity contribution in [1.29, 1.82) is 0 Å². The highest BCUT2D eigenvalue weighted by atomic mass is 32.2. The lowest BCUT2D eigenvalue weighted by molar-refractivity contribution is 0.186. The normalized spacial score (nSPS) is 11.5. The minimum absolute atomic E-state index is 0.0148. The molecule has 120 valence electrons. The van der Waals surface area contributed by atoms with E-state index in [-0.39, 0.29) is 37.7 Å². The van der Waals surface area contributed by atoms with Crippen molar-refractivity contribution in [3.63, 3.8) is 0 Å². The molecule has 0 unspecified atom stereocenters. The summed E-state index contributed by atoms with van der Waals surface area (Å²) in [7, 11) is -1.83. The van der Waals surface area contributed by atoms with E-state index in [0.717, 1.165) is 10.8 Å².